The van der Waals surface area contributed by atoms with Crippen molar-refractivity contribution < 1.29 is 49.8 Å². The number of alkyl halides is 6. The number of fused-ring (bicyclic) bond motifs is 3. The van der Waals surface area contributed by atoms with E-state index in [1.54, 1.807) is 0 Å². The topological polar surface area (TPSA) is 84.9 Å². The lowest BCUT2D eigenvalue weighted by atomic mass is 9.94. The molecule has 0 aliphatic carbocycles. The summed E-state index contributed by atoms with van der Waals surface area (Å²) in [5, 5.41) is 15.4. The highest BCUT2D eigenvalue weighted by atomic mass is 35.5. The summed E-state index contributed by atoms with van der Waals surface area (Å²) >= 11 is 6.25. The molecule has 2 aliphatic heterocycles. The van der Waals surface area contributed by atoms with Crippen LogP contribution in [0.5, 0.6) is 0 Å². The minimum atomic E-state index is -5.01. The molecule has 2 heterocycles. The molecular formula is C26H17ClF8N4O3. The van der Waals surface area contributed by atoms with Crippen LogP contribution in [0.3, 0.4) is 0 Å². The number of hydrogen-bond donors (Lipinski definition) is 3. The molecule has 2 aliphatic rings. The SMILES string of the molecule is CN1c2c(cc(NC(=O)c3cc(F)cc(C(F)(F)F)c3)c3c2C(=O)N[C@H]3c2cc(F)ccc2Cl)N(CC(F)(F)F)C1O. The molecule has 0 saturated heterocycles. The van der Waals surface area contributed by atoms with Crippen molar-refractivity contribution in [2.45, 2.75) is 24.7 Å². The zero-order chi connectivity index (χ0) is 30.9. The maximum atomic E-state index is 14.2. The lowest BCUT2D eigenvalue weighted by molar-refractivity contribution is -0.137. The number of hydrogen-bond acceptors (Lipinski definition) is 5. The van der Waals surface area contributed by atoms with Gasteiger partial charge in [-0.3, -0.25) is 9.59 Å². The first kappa shape index (κ1) is 29.4. The second kappa shape index (κ2) is 10.0. The van der Waals surface area contributed by atoms with Gasteiger partial charge in [0.2, 0.25) is 6.35 Å². The maximum absolute atomic E-state index is 14.2. The summed E-state index contributed by atoms with van der Waals surface area (Å²) < 4.78 is 108. The lowest BCUT2D eigenvalue weighted by Gasteiger charge is -2.26. The normalized spacial score (nSPS) is 18.2. The molecule has 0 aromatic heterocycles. The average molecular weight is 621 g/mol. The van der Waals surface area contributed by atoms with Gasteiger partial charge >= 0.3 is 12.4 Å². The molecule has 0 fully saturated rings. The smallest absolute Gasteiger partial charge is 0.356 e. The number of aliphatic hydroxyl groups excluding tert-OH is 1. The van der Waals surface area contributed by atoms with Gasteiger partial charge in [-0.15, -0.1) is 0 Å². The van der Waals surface area contributed by atoms with Gasteiger partial charge in [0.1, 0.15) is 18.2 Å². The highest BCUT2D eigenvalue weighted by Crippen LogP contribution is 2.51. The first-order chi connectivity index (χ1) is 19.5. The van der Waals surface area contributed by atoms with E-state index >= 15 is 0 Å². The molecule has 7 nitrogen and oxygen atoms in total. The van der Waals surface area contributed by atoms with Gasteiger partial charge in [0.05, 0.1) is 28.5 Å². The fourth-order valence-corrected chi connectivity index (χ4v) is 5.24. The van der Waals surface area contributed by atoms with Crippen LogP contribution in [-0.4, -0.2) is 43.0 Å². The number of rotatable bonds is 4. The zero-order valence-corrected chi connectivity index (χ0v) is 21.7. The van der Waals surface area contributed by atoms with E-state index in [4.69, 9.17) is 11.6 Å². The number of nitrogens with zero attached hydrogens (tertiary/aromatic N) is 2. The van der Waals surface area contributed by atoms with Gasteiger partial charge in [0, 0.05) is 34.4 Å². The Kier molecular flexibility index (Phi) is 7.01. The second-order valence-corrected chi connectivity index (χ2v) is 9.94. The van der Waals surface area contributed by atoms with Crippen molar-refractivity contribution in [2.24, 2.45) is 0 Å². The minimum absolute atomic E-state index is 0.0160. The van der Waals surface area contributed by atoms with Crippen LogP contribution in [0.1, 0.15) is 43.4 Å². The molecule has 2 atom stereocenters. The third-order valence-electron chi connectivity index (χ3n) is 6.75. The van der Waals surface area contributed by atoms with Gasteiger partial charge in [0.25, 0.3) is 11.8 Å². The maximum Gasteiger partial charge on any atom is 0.416 e. The summed E-state index contributed by atoms with van der Waals surface area (Å²) in [4.78, 5) is 27.9. The summed E-state index contributed by atoms with van der Waals surface area (Å²) in [5.41, 5.74) is -3.63. The van der Waals surface area contributed by atoms with E-state index in [0.29, 0.717) is 17.0 Å². The Morgan fingerprint density at radius 1 is 1.05 bits per heavy atom. The number of nitrogens with one attached hydrogen (secondary N) is 2. The minimum Gasteiger partial charge on any atom is -0.356 e. The summed E-state index contributed by atoms with van der Waals surface area (Å²) in [5.74, 6) is -4.36. The molecular weight excluding hydrogens is 604 g/mol. The molecule has 42 heavy (non-hydrogen) atoms. The number of aliphatic hydroxyl groups is 1. The Bertz CT molecular complexity index is 1630. The first-order valence-electron chi connectivity index (χ1n) is 11.9. The molecule has 0 spiro atoms. The van der Waals surface area contributed by atoms with E-state index in [-0.39, 0.29) is 44.8 Å². The number of benzene rings is 3. The Morgan fingerprint density at radius 3 is 2.38 bits per heavy atom. The van der Waals surface area contributed by atoms with Gasteiger partial charge in [-0.2, -0.15) is 26.3 Å². The van der Waals surface area contributed by atoms with Crippen LogP contribution in [-0.2, 0) is 6.18 Å². The summed E-state index contributed by atoms with van der Waals surface area (Å²) in [7, 11) is 1.21. The van der Waals surface area contributed by atoms with Crippen LogP contribution < -0.4 is 20.4 Å². The Morgan fingerprint density at radius 2 is 1.74 bits per heavy atom. The molecule has 1 unspecified atom stereocenters. The molecule has 0 bridgehead atoms. The number of carbonyl (C=O) groups is 2. The predicted molar refractivity (Wildman–Crippen MR) is 134 cm³/mol. The van der Waals surface area contributed by atoms with E-state index in [9.17, 15) is 49.8 Å². The van der Waals surface area contributed by atoms with Crippen LogP contribution in [0.4, 0.5) is 52.2 Å². The molecule has 2 amide bonds. The molecule has 16 heteroatoms. The van der Waals surface area contributed by atoms with Crippen molar-refractivity contribution in [1.29, 1.82) is 0 Å². The molecule has 3 aromatic rings. The van der Waals surface area contributed by atoms with Crippen molar-refractivity contribution in [2.75, 3.05) is 28.7 Å². The van der Waals surface area contributed by atoms with Gasteiger partial charge in [-0.25, -0.2) is 8.78 Å². The fraction of sp³-hybridized carbons (Fsp3) is 0.231. The third-order valence-corrected chi connectivity index (χ3v) is 7.10. The summed E-state index contributed by atoms with van der Waals surface area (Å²) in [6, 6.07) is 3.90. The summed E-state index contributed by atoms with van der Waals surface area (Å²) in [6.45, 7) is -1.68. The quantitative estimate of drug-likeness (QED) is 0.321. The molecule has 3 aromatic carbocycles. The fourth-order valence-electron chi connectivity index (χ4n) is 5.01. The number of anilines is 3. The molecule has 222 valence electrons. The van der Waals surface area contributed by atoms with Crippen LogP contribution >= 0.6 is 11.6 Å². The van der Waals surface area contributed by atoms with Crippen LogP contribution in [0.15, 0.2) is 42.5 Å². The molecule has 5 rings (SSSR count). The summed E-state index contributed by atoms with van der Waals surface area (Å²) in [6.07, 6.45) is -11.8. The van der Waals surface area contributed by atoms with Gasteiger partial charge in [-0.05, 0) is 42.5 Å². The van der Waals surface area contributed by atoms with E-state index in [2.05, 4.69) is 10.6 Å². The highest BCUT2D eigenvalue weighted by molar-refractivity contribution is 6.31. The third kappa shape index (κ3) is 5.17. The Hall–Kier alpha value is -4.11. The largest absolute Gasteiger partial charge is 0.416 e. The highest BCUT2D eigenvalue weighted by Gasteiger charge is 2.46. The second-order valence-electron chi connectivity index (χ2n) is 9.53. The van der Waals surface area contributed by atoms with Gasteiger partial charge < -0.3 is 25.5 Å². The van der Waals surface area contributed by atoms with Crippen LogP contribution in [0.2, 0.25) is 5.02 Å². The van der Waals surface area contributed by atoms with Crippen LogP contribution in [0.25, 0.3) is 0 Å². The zero-order valence-electron chi connectivity index (χ0n) is 21.0. The van der Waals surface area contributed by atoms with E-state index < -0.39 is 65.9 Å². The Balaban J connectivity index is 1.71. The standard InChI is InChI=1S/C26H17ClF8N4O3/c1-38-21-17(39(24(38)42)9-25(30,31)32)8-16(36-22(40)10-4-11(26(33,34)35)6-13(29)5-10)18-19(21)23(41)37-20(18)14-7-12(28)2-3-15(14)27/h2-8,20,24,42H,9H2,1H3,(H,36,40)(H,37,41)/t20-,24?/m0/s1. The van der Waals surface area contributed by atoms with Crippen molar-refractivity contribution in [3.05, 3.63) is 86.9 Å². The number of carbonyl (C=O) groups excluding carboxylic acids is 2. The lowest BCUT2D eigenvalue weighted by Crippen LogP contribution is -2.45. The van der Waals surface area contributed by atoms with E-state index in [1.807, 2.05) is 0 Å². The first-order valence-corrected chi connectivity index (χ1v) is 12.2. The van der Waals surface area contributed by atoms with Crippen LogP contribution in [0, 0.1) is 11.6 Å². The molecule has 0 radical (unpaired) electrons. The van der Waals surface area contributed by atoms with Gasteiger partial charge in [0.15, 0.2) is 0 Å². The van der Waals surface area contributed by atoms with Crippen molar-refractivity contribution in [1.82, 2.24) is 5.32 Å². The number of halogens is 9. The Labute approximate surface area is 236 Å². The molecule has 0 saturated carbocycles. The van der Waals surface area contributed by atoms with Crippen molar-refractivity contribution in [3.63, 3.8) is 0 Å². The van der Waals surface area contributed by atoms with Crippen molar-refractivity contribution >= 4 is 40.5 Å². The average Bonchev–Trinajstić information content (AvgIpc) is 3.33. The van der Waals surface area contributed by atoms with Gasteiger partial charge in [-0.1, -0.05) is 11.6 Å². The predicted octanol–water partition coefficient (Wildman–Crippen LogP) is 5.82. The van der Waals surface area contributed by atoms with E-state index in [0.717, 1.165) is 23.1 Å². The monoisotopic (exact) mass is 620 g/mol. The number of amides is 2. The van der Waals surface area contributed by atoms with Crippen molar-refractivity contribution in [3.8, 4) is 0 Å². The molecule has 3 N–H and O–H groups in total. The van der Waals surface area contributed by atoms with E-state index in [1.165, 1.54) is 13.1 Å².